The van der Waals surface area contributed by atoms with Crippen LogP contribution in [0.2, 0.25) is 10.0 Å². The molecule has 3 aromatic rings. The number of aromatic nitrogens is 4. The van der Waals surface area contributed by atoms with Gasteiger partial charge >= 0.3 is 0 Å². The second kappa shape index (κ2) is 7.06. The number of nitrogens with zero attached hydrogens (tertiary/aromatic N) is 4. The summed E-state index contributed by atoms with van der Waals surface area (Å²) < 4.78 is 2.11. The van der Waals surface area contributed by atoms with E-state index in [2.05, 4.69) is 41.0 Å². The van der Waals surface area contributed by atoms with E-state index in [-0.39, 0.29) is 17.6 Å². The Hall–Kier alpha value is -2.09. The molecule has 1 aliphatic rings. The molecule has 0 bridgehead atoms. The Morgan fingerprint density at radius 2 is 1.89 bits per heavy atom. The Balaban J connectivity index is 1.76. The molecule has 7 nitrogen and oxygen atoms in total. The molecule has 2 aromatic heterocycles. The van der Waals surface area contributed by atoms with Crippen LogP contribution in [0.25, 0.3) is 11.2 Å². The molecule has 2 heterocycles. The van der Waals surface area contributed by atoms with Crippen LogP contribution >= 0.6 is 23.2 Å². The van der Waals surface area contributed by atoms with E-state index in [1.807, 2.05) is 6.07 Å². The van der Waals surface area contributed by atoms with Crippen molar-refractivity contribution in [3.05, 3.63) is 34.4 Å². The zero-order valence-electron chi connectivity index (χ0n) is 16.0. The van der Waals surface area contributed by atoms with E-state index >= 15 is 0 Å². The van der Waals surface area contributed by atoms with Crippen LogP contribution in [-0.4, -0.2) is 31.1 Å². The van der Waals surface area contributed by atoms with Crippen LogP contribution in [0.1, 0.15) is 39.7 Å². The second-order valence-corrected chi connectivity index (χ2v) is 9.04. The lowest BCUT2D eigenvalue weighted by molar-refractivity contribution is 0.274. The maximum absolute atomic E-state index is 6.15. The summed E-state index contributed by atoms with van der Waals surface area (Å²) in [6, 6.07) is 5.84. The van der Waals surface area contributed by atoms with E-state index in [0.717, 1.165) is 29.7 Å². The first-order valence-electron chi connectivity index (χ1n) is 9.20. The number of rotatable bonds is 4. The largest absolute Gasteiger partial charge is 0.350 e. The summed E-state index contributed by atoms with van der Waals surface area (Å²) in [7, 11) is 0. The topological polar surface area (TPSA) is 93.7 Å². The summed E-state index contributed by atoms with van der Waals surface area (Å²) in [4.78, 5) is 13.8. The molecule has 1 saturated carbocycles. The average Bonchev–Trinajstić information content (AvgIpc) is 2.91. The Labute approximate surface area is 173 Å². The van der Waals surface area contributed by atoms with Gasteiger partial charge in [0.15, 0.2) is 5.65 Å². The van der Waals surface area contributed by atoms with Crippen LogP contribution in [0.4, 0.5) is 17.6 Å². The molecule has 0 spiro atoms. The van der Waals surface area contributed by atoms with Crippen molar-refractivity contribution in [2.24, 2.45) is 5.73 Å². The number of fused-ring (bicyclic) bond motifs is 1. The fourth-order valence-corrected chi connectivity index (χ4v) is 3.56. The molecule has 1 aliphatic carbocycles. The smallest absolute Gasteiger partial charge is 0.225 e. The van der Waals surface area contributed by atoms with E-state index < -0.39 is 0 Å². The van der Waals surface area contributed by atoms with E-state index in [0.29, 0.717) is 21.9 Å². The van der Waals surface area contributed by atoms with Crippen LogP contribution in [0.15, 0.2) is 24.4 Å². The van der Waals surface area contributed by atoms with Crippen LogP contribution in [0.3, 0.4) is 0 Å². The van der Waals surface area contributed by atoms with Gasteiger partial charge in [-0.15, -0.1) is 0 Å². The van der Waals surface area contributed by atoms with E-state index in [9.17, 15) is 0 Å². The molecule has 0 atom stereocenters. The first kappa shape index (κ1) is 19.2. The second-order valence-electron chi connectivity index (χ2n) is 8.22. The van der Waals surface area contributed by atoms with Crippen molar-refractivity contribution in [1.82, 2.24) is 19.5 Å². The molecule has 0 saturated heterocycles. The zero-order valence-corrected chi connectivity index (χ0v) is 17.5. The molecule has 0 radical (unpaired) electrons. The van der Waals surface area contributed by atoms with Crippen molar-refractivity contribution in [1.29, 1.82) is 0 Å². The van der Waals surface area contributed by atoms with Crippen LogP contribution in [-0.2, 0) is 0 Å². The molecule has 0 aliphatic heterocycles. The SMILES string of the molecule is CC(C)(C)Nc1ncc2nc(Nc3ccc(Cl)c(Cl)c3)n(C3CC(N)C3)c2n1. The fraction of sp³-hybridized carbons (Fsp3) is 0.421. The highest BCUT2D eigenvalue weighted by Crippen LogP contribution is 2.37. The maximum atomic E-state index is 6.15. The molecule has 1 fully saturated rings. The van der Waals surface area contributed by atoms with Gasteiger partial charge in [-0.25, -0.2) is 9.97 Å². The average molecular weight is 420 g/mol. The third kappa shape index (κ3) is 3.87. The maximum Gasteiger partial charge on any atom is 0.225 e. The van der Waals surface area contributed by atoms with Gasteiger partial charge in [0.1, 0.15) is 5.52 Å². The minimum absolute atomic E-state index is 0.140. The molecule has 0 unspecified atom stereocenters. The van der Waals surface area contributed by atoms with Crippen molar-refractivity contribution < 1.29 is 0 Å². The van der Waals surface area contributed by atoms with Crippen molar-refractivity contribution >= 4 is 51.9 Å². The minimum atomic E-state index is -0.140. The van der Waals surface area contributed by atoms with Gasteiger partial charge in [0.25, 0.3) is 0 Å². The fourth-order valence-electron chi connectivity index (χ4n) is 3.26. The number of benzene rings is 1. The minimum Gasteiger partial charge on any atom is -0.350 e. The van der Waals surface area contributed by atoms with Gasteiger partial charge in [-0.05, 0) is 51.8 Å². The third-order valence-electron chi connectivity index (χ3n) is 4.61. The van der Waals surface area contributed by atoms with Gasteiger partial charge in [0, 0.05) is 23.3 Å². The van der Waals surface area contributed by atoms with Gasteiger partial charge in [-0.3, -0.25) is 4.57 Å². The van der Waals surface area contributed by atoms with Crippen molar-refractivity contribution in [3.63, 3.8) is 0 Å². The number of anilines is 3. The highest BCUT2D eigenvalue weighted by atomic mass is 35.5. The third-order valence-corrected chi connectivity index (χ3v) is 5.35. The lowest BCUT2D eigenvalue weighted by atomic mass is 9.87. The normalized spacial score (nSPS) is 19.5. The predicted molar refractivity (Wildman–Crippen MR) is 115 cm³/mol. The molecular weight excluding hydrogens is 397 g/mol. The lowest BCUT2D eigenvalue weighted by Gasteiger charge is -2.34. The highest BCUT2D eigenvalue weighted by Gasteiger charge is 2.31. The Morgan fingerprint density at radius 1 is 1.14 bits per heavy atom. The monoisotopic (exact) mass is 419 g/mol. The molecule has 148 valence electrons. The summed E-state index contributed by atoms with van der Waals surface area (Å²) in [5.41, 5.74) is 8.20. The molecule has 4 N–H and O–H groups in total. The van der Waals surface area contributed by atoms with Crippen LogP contribution in [0.5, 0.6) is 0 Å². The summed E-state index contributed by atoms with van der Waals surface area (Å²) in [6.45, 7) is 6.21. The number of imidazole rings is 1. The number of hydrogen-bond acceptors (Lipinski definition) is 6. The van der Waals surface area contributed by atoms with Crippen molar-refractivity contribution in [3.8, 4) is 0 Å². The van der Waals surface area contributed by atoms with Gasteiger partial charge < -0.3 is 16.4 Å². The summed E-state index contributed by atoms with van der Waals surface area (Å²) in [5, 5.41) is 7.65. The van der Waals surface area contributed by atoms with Gasteiger partial charge in [-0.1, -0.05) is 23.2 Å². The number of halogens is 2. The van der Waals surface area contributed by atoms with Gasteiger partial charge in [-0.2, -0.15) is 4.98 Å². The van der Waals surface area contributed by atoms with Gasteiger partial charge in [0.2, 0.25) is 11.9 Å². The molecule has 1 aromatic carbocycles. The predicted octanol–water partition coefficient (Wildman–Crippen LogP) is 4.75. The zero-order chi connectivity index (χ0) is 20.1. The van der Waals surface area contributed by atoms with Gasteiger partial charge in [0.05, 0.1) is 16.2 Å². The molecule has 9 heteroatoms. The molecule has 0 amide bonds. The summed E-state index contributed by atoms with van der Waals surface area (Å²) >= 11 is 12.2. The number of nitrogens with one attached hydrogen (secondary N) is 2. The van der Waals surface area contributed by atoms with Crippen LogP contribution < -0.4 is 16.4 Å². The first-order chi connectivity index (χ1) is 13.2. The Kier molecular flexibility index (Phi) is 4.85. The molecule has 4 rings (SSSR count). The van der Waals surface area contributed by atoms with E-state index in [1.165, 1.54) is 0 Å². The van der Waals surface area contributed by atoms with Crippen molar-refractivity contribution in [2.75, 3.05) is 10.6 Å². The van der Waals surface area contributed by atoms with Crippen molar-refractivity contribution in [2.45, 2.75) is 51.2 Å². The van der Waals surface area contributed by atoms with Crippen LogP contribution in [0, 0.1) is 0 Å². The molecule has 28 heavy (non-hydrogen) atoms. The summed E-state index contributed by atoms with van der Waals surface area (Å²) in [6.07, 6.45) is 3.51. The summed E-state index contributed by atoms with van der Waals surface area (Å²) in [5.74, 6) is 1.26. The van der Waals surface area contributed by atoms with E-state index in [4.69, 9.17) is 38.9 Å². The molecular formula is C19H23Cl2N7. The standard InChI is InChI=1S/C19H23Cl2N7/c1-19(2,3)27-17-23-9-15-16(26-17)28(12-6-10(22)7-12)18(25-15)24-11-4-5-13(20)14(21)8-11/h4-5,8-10,12H,6-7,22H2,1-3H3,(H,24,25)(H,23,26,27). The Bertz CT molecular complexity index is 1020. The number of nitrogens with two attached hydrogens (primary N) is 1. The highest BCUT2D eigenvalue weighted by molar-refractivity contribution is 6.42. The quantitative estimate of drug-likeness (QED) is 0.564. The lowest BCUT2D eigenvalue weighted by Crippen LogP contribution is -2.38. The van der Waals surface area contributed by atoms with E-state index in [1.54, 1.807) is 18.3 Å². The number of hydrogen-bond donors (Lipinski definition) is 3. The Morgan fingerprint density at radius 3 is 2.54 bits per heavy atom. The first-order valence-corrected chi connectivity index (χ1v) is 9.96.